The van der Waals surface area contributed by atoms with Crippen LogP contribution in [0.5, 0.6) is 0 Å². The van der Waals surface area contributed by atoms with E-state index in [9.17, 15) is 22.8 Å². The summed E-state index contributed by atoms with van der Waals surface area (Å²) in [5.41, 5.74) is -2.00. The summed E-state index contributed by atoms with van der Waals surface area (Å²) in [6.07, 6.45) is -3.64. The molecular weight excluding hydrogens is 380 g/mol. The monoisotopic (exact) mass is 392 g/mol. The number of benzene rings is 1. The fourth-order valence-electron chi connectivity index (χ4n) is 2.16. The molecule has 0 fully saturated rings. The highest BCUT2D eigenvalue weighted by atomic mass is 35.5. The maximum atomic E-state index is 12.8. The fourth-order valence-corrected chi connectivity index (χ4v) is 2.54. The standard InChI is InChI=1S/C16H13Cl2F3N2O2/c1-22(8-10-4-2-6-12(17)14(10)18)13(24)9-23-7-3-5-11(15(23)25)16(19,20)21/h2-7H,8-9H2,1H3. The number of nitrogens with zero attached hydrogens (tertiary/aromatic N) is 2. The average molecular weight is 393 g/mol. The third kappa shape index (κ3) is 4.55. The molecular formula is C16H13Cl2F3N2O2. The maximum absolute atomic E-state index is 12.8. The predicted molar refractivity (Wildman–Crippen MR) is 88.6 cm³/mol. The number of likely N-dealkylation sites (N-methyl/N-ethyl adjacent to an activating group) is 1. The molecule has 2 aromatic rings. The quantitative estimate of drug-likeness (QED) is 0.793. The number of hydrogen-bond donors (Lipinski definition) is 0. The van der Waals surface area contributed by atoms with E-state index in [1.807, 2.05) is 0 Å². The molecule has 1 heterocycles. The molecule has 1 amide bonds. The van der Waals surface area contributed by atoms with Gasteiger partial charge in [0, 0.05) is 19.8 Å². The summed E-state index contributed by atoms with van der Waals surface area (Å²) < 4.78 is 39.0. The number of aromatic nitrogens is 1. The molecule has 1 aromatic heterocycles. The molecule has 0 unspecified atom stereocenters. The van der Waals surface area contributed by atoms with Crippen molar-refractivity contribution in [2.24, 2.45) is 0 Å². The minimum absolute atomic E-state index is 0.103. The number of hydrogen-bond acceptors (Lipinski definition) is 2. The van der Waals surface area contributed by atoms with Gasteiger partial charge in [-0.25, -0.2) is 0 Å². The van der Waals surface area contributed by atoms with Gasteiger partial charge in [0.15, 0.2) is 0 Å². The number of amides is 1. The van der Waals surface area contributed by atoms with E-state index in [4.69, 9.17) is 23.2 Å². The molecule has 0 atom stereocenters. The van der Waals surface area contributed by atoms with E-state index in [0.29, 0.717) is 21.7 Å². The number of pyridine rings is 1. The molecule has 0 aliphatic carbocycles. The van der Waals surface area contributed by atoms with Crippen LogP contribution < -0.4 is 5.56 Å². The van der Waals surface area contributed by atoms with Crippen molar-refractivity contribution in [2.75, 3.05) is 7.05 Å². The normalized spacial score (nSPS) is 11.4. The van der Waals surface area contributed by atoms with Crippen LogP contribution in [0.1, 0.15) is 11.1 Å². The van der Waals surface area contributed by atoms with Gasteiger partial charge in [0.25, 0.3) is 5.56 Å². The molecule has 0 aliphatic rings. The molecule has 2 rings (SSSR count). The molecule has 4 nitrogen and oxygen atoms in total. The molecule has 0 N–H and O–H groups in total. The summed E-state index contributed by atoms with van der Waals surface area (Å²) in [5, 5.41) is 0.620. The van der Waals surface area contributed by atoms with E-state index in [0.717, 1.165) is 16.8 Å². The van der Waals surface area contributed by atoms with E-state index >= 15 is 0 Å². The van der Waals surface area contributed by atoms with E-state index in [1.165, 1.54) is 11.9 Å². The SMILES string of the molecule is CN(Cc1cccc(Cl)c1Cl)C(=O)Cn1cccc(C(F)(F)F)c1=O. The lowest BCUT2D eigenvalue weighted by Crippen LogP contribution is -2.35. The lowest BCUT2D eigenvalue weighted by Gasteiger charge is -2.19. The lowest BCUT2D eigenvalue weighted by molar-refractivity contribution is -0.139. The van der Waals surface area contributed by atoms with Gasteiger partial charge in [0.2, 0.25) is 5.91 Å². The Balaban J connectivity index is 2.17. The molecule has 1 aromatic carbocycles. The van der Waals surface area contributed by atoms with Gasteiger partial charge in [-0.15, -0.1) is 0 Å². The first-order chi connectivity index (χ1) is 11.6. The summed E-state index contributed by atoms with van der Waals surface area (Å²) in [4.78, 5) is 25.4. The first-order valence-electron chi connectivity index (χ1n) is 7.04. The molecule has 9 heteroatoms. The molecule has 0 saturated carbocycles. The number of rotatable bonds is 4. The van der Waals surface area contributed by atoms with Gasteiger partial charge in [-0.2, -0.15) is 13.2 Å². The summed E-state index contributed by atoms with van der Waals surface area (Å²) >= 11 is 11.9. The van der Waals surface area contributed by atoms with E-state index in [2.05, 4.69) is 0 Å². The third-order valence-corrected chi connectivity index (χ3v) is 4.35. The van der Waals surface area contributed by atoms with Crippen LogP contribution in [0.4, 0.5) is 13.2 Å². The second-order valence-electron chi connectivity index (χ2n) is 5.32. The highest BCUT2D eigenvalue weighted by molar-refractivity contribution is 6.42. The van der Waals surface area contributed by atoms with Gasteiger partial charge in [-0.1, -0.05) is 35.3 Å². The van der Waals surface area contributed by atoms with Crippen molar-refractivity contribution < 1.29 is 18.0 Å². The van der Waals surface area contributed by atoms with Gasteiger partial charge in [0.05, 0.1) is 10.0 Å². The average Bonchev–Trinajstić information content (AvgIpc) is 2.52. The van der Waals surface area contributed by atoms with Crippen molar-refractivity contribution in [1.82, 2.24) is 9.47 Å². The zero-order valence-electron chi connectivity index (χ0n) is 13.0. The molecule has 0 spiro atoms. The van der Waals surface area contributed by atoms with Crippen molar-refractivity contribution in [3.63, 3.8) is 0 Å². The lowest BCUT2D eigenvalue weighted by atomic mass is 10.2. The third-order valence-electron chi connectivity index (χ3n) is 3.50. The van der Waals surface area contributed by atoms with Gasteiger partial charge in [0.1, 0.15) is 12.1 Å². The number of carbonyl (C=O) groups excluding carboxylic acids is 1. The number of carbonyl (C=O) groups is 1. The van der Waals surface area contributed by atoms with Gasteiger partial charge < -0.3 is 9.47 Å². The second-order valence-corrected chi connectivity index (χ2v) is 6.10. The molecule has 0 radical (unpaired) electrons. The van der Waals surface area contributed by atoms with Crippen molar-refractivity contribution in [3.05, 3.63) is 68.1 Å². The molecule has 0 saturated heterocycles. The topological polar surface area (TPSA) is 42.3 Å². The molecule has 0 aliphatic heterocycles. The smallest absolute Gasteiger partial charge is 0.340 e. The Morgan fingerprint density at radius 1 is 1.20 bits per heavy atom. The maximum Gasteiger partial charge on any atom is 0.421 e. The molecule has 134 valence electrons. The highest BCUT2D eigenvalue weighted by Crippen LogP contribution is 2.27. The van der Waals surface area contributed by atoms with Crippen LogP contribution in [0, 0.1) is 0 Å². The second kappa shape index (κ2) is 7.49. The Morgan fingerprint density at radius 3 is 2.52 bits per heavy atom. The highest BCUT2D eigenvalue weighted by Gasteiger charge is 2.34. The van der Waals surface area contributed by atoms with Crippen LogP contribution in [0.25, 0.3) is 0 Å². The van der Waals surface area contributed by atoms with Crippen LogP contribution in [0.3, 0.4) is 0 Å². The molecule has 25 heavy (non-hydrogen) atoms. The van der Waals surface area contributed by atoms with Crippen molar-refractivity contribution >= 4 is 29.1 Å². The zero-order chi connectivity index (χ0) is 18.8. The van der Waals surface area contributed by atoms with Crippen LogP contribution >= 0.6 is 23.2 Å². The first kappa shape index (κ1) is 19.3. The Kier molecular flexibility index (Phi) is 5.80. The van der Waals surface area contributed by atoms with Crippen molar-refractivity contribution in [1.29, 1.82) is 0 Å². The minimum atomic E-state index is -4.77. The Labute approximate surface area is 151 Å². The summed E-state index contributed by atoms with van der Waals surface area (Å²) in [5.74, 6) is -0.544. The Bertz CT molecular complexity index is 850. The van der Waals surface area contributed by atoms with Gasteiger partial charge in [-0.05, 0) is 23.8 Å². The summed E-state index contributed by atoms with van der Waals surface area (Å²) in [6, 6.07) is 6.69. The van der Waals surface area contributed by atoms with E-state index in [1.54, 1.807) is 18.2 Å². The van der Waals surface area contributed by atoms with Gasteiger partial charge >= 0.3 is 6.18 Å². The first-order valence-corrected chi connectivity index (χ1v) is 7.80. The number of halogens is 5. The summed E-state index contributed by atoms with van der Waals surface area (Å²) in [7, 11) is 1.46. The van der Waals surface area contributed by atoms with Crippen LogP contribution in [0.2, 0.25) is 10.0 Å². The minimum Gasteiger partial charge on any atom is -0.340 e. The van der Waals surface area contributed by atoms with E-state index < -0.39 is 29.8 Å². The van der Waals surface area contributed by atoms with Crippen LogP contribution in [-0.4, -0.2) is 22.4 Å². The van der Waals surface area contributed by atoms with Crippen molar-refractivity contribution in [2.45, 2.75) is 19.3 Å². The van der Waals surface area contributed by atoms with Crippen LogP contribution in [0.15, 0.2) is 41.3 Å². The zero-order valence-corrected chi connectivity index (χ0v) is 14.5. The fraction of sp³-hybridized carbons (Fsp3) is 0.250. The largest absolute Gasteiger partial charge is 0.421 e. The Morgan fingerprint density at radius 2 is 1.88 bits per heavy atom. The molecule has 0 bridgehead atoms. The predicted octanol–water partition coefficient (Wildman–Crippen LogP) is 3.83. The Hall–Kier alpha value is -1.99. The van der Waals surface area contributed by atoms with Crippen molar-refractivity contribution in [3.8, 4) is 0 Å². The van der Waals surface area contributed by atoms with Crippen LogP contribution in [-0.2, 0) is 24.1 Å². The number of alkyl halides is 3. The van der Waals surface area contributed by atoms with E-state index in [-0.39, 0.29) is 6.54 Å². The van der Waals surface area contributed by atoms with Gasteiger partial charge in [-0.3, -0.25) is 9.59 Å². The summed E-state index contributed by atoms with van der Waals surface area (Å²) in [6.45, 7) is -0.413.